The van der Waals surface area contributed by atoms with Crippen LogP contribution in [0.25, 0.3) is 0 Å². The van der Waals surface area contributed by atoms with Crippen LogP contribution in [0.4, 0.5) is 0 Å². The smallest absolute Gasteiger partial charge is 0.306 e. The average Bonchev–Trinajstić information content (AvgIpc) is 1.61. The lowest BCUT2D eigenvalue weighted by atomic mass is 9.75. The molecule has 0 spiro atoms. The zero-order valence-electron chi connectivity index (χ0n) is 4.92. The third-order valence-corrected chi connectivity index (χ3v) is 1.94. The Hall–Kier alpha value is -0.530. The monoisotopic (exact) mass is 114 g/mol. The van der Waals surface area contributed by atoms with Crippen LogP contribution in [0, 0.1) is 11.8 Å². The Labute approximate surface area is 48.5 Å². The van der Waals surface area contributed by atoms with E-state index in [-0.39, 0.29) is 5.92 Å². The van der Waals surface area contributed by atoms with Crippen LogP contribution in [0.15, 0.2) is 0 Å². The van der Waals surface area contributed by atoms with Crippen molar-refractivity contribution in [2.45, 2.75) is 19.8 Å². The first kappa shape index (κ1) is 5.60. The maximum Gasteiger partial charge on any atom is 0.306 e. The van der Waals surface area contributed by atoms with Gasteiger partial charge in [0.2, 0.25) is 0 Å². The van der Waals surface area contributed by atoms with Gasteiger partial charge in [0.05, 0.1) is 5.92 Å². The molecular formula is C6H10O2. The molecule has 8 heavy (non-hydrogen) atoms. The Kier molecular flexibility index (Phi) is 1.24. The molecule has 1 aliphatic rings. The van der Waals surface area contributed by atoms with Gasteiger partial charge in [0.1, 0.15) is 0 Å². The molecule has 0 aromatic carbocycles. The number of rotatable bonds is 1. The second-order valence-corrected chi connectivity index (χ2v) is 2.50. The Balaban J connectivity index is 2.37. The third-order valence-electron chi connectivity index (χ3n) is 1.94. The normalized spacial score (nSPS) is 36.1. The number of carboxylic acids is 1. The highest BCUT2D eigenvalue weighted by atomic mass is 16.4. The first-order valence-electron chi connectivity index (χ1n) is 2.94. The summed E-state index contributed by atoms with van der Waals surface area (Å²) in [5.74, 6) is -0.230. The maximum absolute atomic E-state index is 10.2. The molecule has 0 amide bonds. The summed E-state index contributed by atoms with van der Waals surface area (Å²) < 4.78 is 0. The molecule has 0 saturated heterocycles. The molecule has 0 aliphatic heterocycles. The van der Waals surface area contributed by atoms with E-state index >= 15 is 0 Å². The summed E-state index contributed by atoms with van der Waals surface area (Å²) in [5.41, 5.74) is 0. The fourth-order valence-electron chi connectivity index (χ4n) is 1.03. The molecule has 0 bridgehead atoms. The molecule has 0 aromatic rings. The zero-order valence-corrected chi connectivity index (χ0v) is 4.92. The van der Waals surface area contributed by atoms with Crippen LogP contribution >= 0.6 is 0 Å². The number of aliphatic carboxylic acids is 1. The molecule has 2 heteroatoms. The minimum atomic E-state index is -0.622. The highest BCUT2D eigenvalue weighted by Gasteiger charge is 2.32. The van der Waals surface area contributed by atoms with Crippen LogP contribution in [0.5, 0.6) is 0 Å². The van der Waals surface area contributed by atoms with Gasteiger partial charge >= 0.3 is 5.97 Å². The molecule has 1 saturated carbocycles. The van der Waals surface area contributed by atoms with E-state index in [0.717, 1.165) is 12.8 Å². The summed E-state index contributed by atoms with van der Waals surface area (Å²) in [6, 6.07) is 0. The van der Waals surface area contributed by atoms with Crippen molar-refractivity contribution in [3.05, 3.63) is 0 Å². The Bertz CT molecular complexity index is 109. The predicted octanol–water partition coefficient (Wildman–Crippen LogP) is 1.12. The van der Waals surface area contributed by atoms with Crippen LogP contribution in [-0.2, 0) is 4.79 Å². The number of hydrogen-bond donors (Lipinski definition) is 1. The van der Waals surface area contributed by atoms with E-state index in [4.69, 9.17) is 5.11 Å². The van der Waals surface area contributed by atoms with Gasteiger partial charge in [0.15, 0.2) is 0 Å². The quantitative estimate of drug-likeness (QED) is 0.554. The fourth-order valence-corrected chi connectivity index (χ4v) is 1.03. The molecule has 2 atom stereocenters. The summed E-state index contributed by atoms with van der Waals surface area (Å²) in [5, 5.41) is 8.40. The van der Waals surface area contributed by atoms with Gasteiger partial charge in [0.25, 0.3) is 0 Å². The topological polar surface area (TPSA) is 37.3 Å². The molecule has 0 heterocycles. The van der Waals surface area contributed by atoms with E-state index in [2.05, 4.69) is 0 Å². The molecule has 1 aliphatic carbocycles. The first-order valence-corrected chi connectivity index (χ1v) is 2.94. The minimum Gasteiger partial charge on any atom is -0.481 e. The maximum atomic E-state index is 10.2. The molecule has 46 valence electrons. The molecule has 0 radical (unpaired) electrons. The van der Waals surface area contributed by atoms with Crippen molar-refractivity contribution >= 4 is 5.97 Å². The number of carboxylic acid groups (broad SMARTS) is 1. The first-order chi connectivity index (χ1) is 3.72. The predicted molar refractivity (Wildman–Crippen MR) is 29.5 cm³/mol. The second-order valence-electron chi connectivity index (χ2n) is 2.50. The van der Waals surface area contributed by atoms with Crippen molar-refractivity contribution in [1.82, 2.24) is 0 Å². The Morgan fingerprint density at radius 3 is 2.25 bits per heavy atom. The zero-order chi connectivity index (χ0) is 6.15. The van der Waals surface area contributed by atoms with E-state index in [0.29, 0.717) is 5.92 Å². The Morgan fingerprint density at radius 2 is 2.25 bits per heavy atom. The van der Waals surface area contributed by atoms with Crippen LogP contribution in [0.3, 0.4) is 0 Å². The van der Waals surface area contributed by atoms with E-state index in [1.54, 1.807) is 0 Å². The summed E-state index contributed by atoms with van der Waals surface area (Å²) in [6.07, 6.45) is 1.98. The molecule has 1 fully saturated rings. The lowest BCUT2D eigenvalue weighted by Gasteiger charge is -2.29. The van der Waals surface area contributed by atoms with E-state index < -0.39 is 5.97 Å². The minimum absolute atomic E-state index is 0.0324. The van der Waals surface area contributed by atoms with Gasteiger partial charge in [-0.05, 0) is 18.8 Å². The van der Waals surface area contributed by atoms with Crippen molar-refractivity contribution in [3.63, 3.8) is 0 Å². The average molecular weight is 114 g/mol. The van der Waals surface area contributed by atoms with Crippen molar-refractivity contribution < 1.29 is 9.90 Å². The van der Waals surface area contributed by atoms with Gasteiger partial charge in [-0.1, -0.05) is 6.92 Å². The van der Waals surface area contributed by atoms with Crippen molar-refractivity contribution in [2.75, 3.05) is 0 Å². The van der Waals surface area contributed by atoms with E-state index in [1.807, 2.05) is 6.92 Å². The van der Waals surface area contributed by atoms with Crippen LogP contribution in [0.1, 0.15) is 19.8 Å². The van der Waals surface area contributed by atoms with Gasteiger partial charge in [0, 0.05) is 0 Å². The number of carbonyl (C=O) groups is 1. The van der Waals surface area contributed by atoms with Crippen LogP contribution < -0.4 is 0 Å². The molecular weight excluding hydrogens is 104 g/mol. The molecule has 2 nitrogen and oxygen atoms in total. The van der Waals surface area contributed by atoms with Gasteiger partial charge in [-0.2, -0.15) is 0 Å². The summed E-state index contributed by atoms with van der Waals surface area (Å²) in [4.78, 5) is 10.2. The molecule has 1 N–H and O–H groups in total. The highest BCUT2D eigenvalue weighted by Crippen LogP contribution is 2.33. The summed E-state index contributed by atoms with van der Waals surface area (Å²) >= 11 is 0. The van der Waals surface area contributed by atoms with Crippen molar-refractivity contribution in [1.29, 1.82) is 0 Å². The van der Waals surface area contributed by atoms with Crippen molar-refractivity contribution in [2.24, 2.45) is 11.8 Å². The third kappa shape index (κ3) is 0.703. The standard InChI is InChI=1S/C6H10O2/c1-4-2-3-5(4)6(7)8/h4-5H,2-3H2,1H3,(H,7,8)/t4-,5?/m1/s1. The van der Waals surface area contributed by atoms with Gasteiger partial charge in [-0.15, -0.1) is 0 Å². The van der Waals surface area contributed by atoms with E-state index in [1.165, 1.54) is 0 Å². The van der Waals surface area contributed by atoms with Crippen molar-refractivity contribution in [3.8, 4) is 0 Å². The summed E-state index contributed by atoms with van der Waals surface area (Å²) in [6.45, 7) is 1.99. The number of hydrogen-bond acceptors (Lipinski definition) is 1. The fraction of sp³-hybridized carbons (Fsp3) is 0.833. The Morgan fingerprint density at radius 1 is 1.62 bits per heavy atom. The SMILES string of the molecule is C[C@@H]1CCC1C(=O)O. The lowest BCUT2D eigenvalue weighted by molar-refractivity contribution is -0.147. The van der Waals surface area contributed by atoms with E-state index in [9.17, 15) is 4.79 Å². The van der Waals surface area contributed by atoms with Crippen LogP contribution in [0.2, 0.25) is 0 Å². The van der Waals surface area contributed by atoms with Crippen LogP contribution in [-0.4, -0.2) is 11.1 Å². The molecule has 1 unspecified atom stereocenters. The summed E-state index contributed by atoms with van der Waals surface area (Å²) in [7, 11) is 0. The molecule has 1 rings (SSSR count). The second kappa shape index (κ2) is 1.77. The molecule has 0 aromatic heterocycles. The largest absolute Gasteiger partial charge is 0.481 e. The van der Waals surface area contributed by atoms with Gasteiger partial charge in [-0.25, -0.2) is 0 Å². The highest BCUT2D eigenvalue weighted by molar-refractivity contribution is 5.71. The lowest BCUT2D eigenvalue weighted by Crippen LogP contribution is -2.30. The van der Waals surface area contributed by atoms with Gasteiger partial charge in [-0.3, -0.25) is 4.79 Å². The van der Waals surface area contributed by atoms with Gasteiger partial charge < -0.3 is 5.11 Å².